The van der Waals surface area contributed by atoms with Crippen LogP contribution in [0.15, 0.2) is 182 Å². The molecule has 0 aliphatic carbocycles. The minimum Gasteiger partial charge on any atom is -0.309 e. The van der Waals surface area contributed by atoms with Gasteiger partial charge in [0.2, 0.25) is 0 Å². The minimum absolute atomic E-state index is 0.618. The van der Waals surface area contributed by atoms with Gasteiger partial charge in [0, 0.05) is 43.9 Å². The molecule has 0 atom stereocenters. The molecule has 0 aliphatic rings. The highest BCUT2D eigenvalue weighted by molar-refractivity contribution is 6.29. The summed E-state index contributed by atoms with van der Waals surface area (Å²) in [6.07, 6.45) is 2.01. The predicted molar refractivity (Wildman–Crippen MR) is 220 cm³/mol. The average Bonchev–Trinajstić information content (AvgIpc) is 3.84. The van der Waals surface area contributed by atoms with Gasteiger partial charge in [-0.3, -0.25) is 0 Å². The molecule has 8 aromatic carbocycles. The zero-order valence-electron chi connectivity index (χ0n) is 29.0. The Morgan fingerprint density at radius 2 is 0.944 bits per heavy atom. The molecule has 0 fully saturated rings. The fourth-order valence-corrected chi connectivity index (χ4v) is 7.96. The van der Waals surface area contributed by atoms with Gasteiger partial charge in [-0.2, -0.15) is 5.10 Å². The molecule has 11 aromatic rings. The fourth-order valence-electron chi connectivity index (χ4n) is 7.96. The number of nitrogens with zero attached hydrogens (tertiary/aromatic N) is 6. The van der Waals surface area contributed by atoms with E-state index in [9.17, 15) is 0 Å². The largest absolute Gasteiger partial charge is 0.309 e. The van der Waals surface area contributed by atoms with Gasteiger partial charge in [-0.1, -0.05) is 140 Å². The quantitative estimate of drug-likeness (QED) is 0.169. The third kappa shape index (κ3) is 4.74. The fraction of sp³-hybridized carbons (Fsp3) is 0. The number of rotatable bonds is 5. The van der Waals surface area contributed by atoms with Crippen LogP contribution in [0.2, 0.25) is 0 Å². The Morgan fingerprint density at radius 3 is 1.69 bits per heavy atom. The molecule has 0 N–H and O–H groups in total. The van der Waals surface area contributed by atoms with E-state index < -0.39 is 0 Å². The van der Waals surface area contributed by atoms with Gasteiger partial charge >= 0.3 is 0 Å². The molecular weight excluding hydrogens is 661 g/mol. The van der Waals surface area contributed by atoms with Crippen molar-refractivity contribution in [2.75, 3.05) is 0 Å². The Morgan fingerprint density at radius 1 is 0.370 bits per heavy atom. The molecular formula is C48H30N6. The number of fused-ring (bicyclic) bond motifs is 9. The van der Waals surface area contributed by atoms with Gasteiger partial charge in [-0.05, 0) is 52.6 Å². The number of aromatic nitrogens is 6. The van der Waals surface area contributed by atoms with Gasteiger partial charge in [-0.25, -0.2) is 19.6 Å². The second-order valence-electron chi connectivity index (χ2n) is 13.6. The van der Waals surface area contributed by atoms with Crippen LogP contribution in [0.3, 0.4) is 0 Å². The van der Waals surface area contributed by atoms with Crippen LogP contribution >= 0.6 is 0 Å². The summed E-state index contributed by atoms with van der Waals surface area (Å²) in [4.78, 5) is 15.1. The Hall–Kier alpha value is -7.44. The van der Waals surface area contributed by atoms with Gasteiger partial charge in [0.15, 0.2) is 17.5 Å². The zero-order chi connectivity index (χ0) is 35.6. The van der Waals surface area contributed by atoms with Gasteiger partial charge in [-0.15, -0.1) is 0 Å². The third-order valence-corrected chi connectivity index (χ3v) is 10.4. The lowest BCUT2D eigenvalue weighted by Crippen LogP contribution is -2.01. The Balaban J connectivity index is 1.21. The lowest BCUT2D eigenvalue weighted by molar-refractivity contribution is 0.911. The summed E-state index contributed by atoms with van der Waals surface area (Å²) in [7, 11) is 0. The summed E-state index contributed by atoms with van der Waals surface area (Å²) in [5, 5.41) is 13.2. The van der Waals surface area contributed by atoms with Crippen LogP contribution < -0.4 is 0 Å². The normalized spacial score (nSPS) is 11.7. The van der Waals surface area contributed by atoms with Gasteiger partial charge in [0.05, 0.1) is 28.4 Å². The second kappa shape index (κ2) is 12.1. The van der Waals surface area contributed by atoms with Crippen molar-refractivity contribution >= 4 is 54.3 Å². The first-order valence-corrected chi connectivity index (χ1v) is 18.1. The molecule has 0 saturated carbocycles. The smallest absolute Gasteiger partial charge is 0.164 e. The summed E-state index contributed by atoms with van der Waals surface area (Å²) in [5.41, 5.74) is 8.15. The van der Waals surface area contributed by atoms with Crippen molar-refractivity contribution in [3.8, 4) is 45.5 Å². The maximum absolute atomic E-state index is 5.07. The molecule has 11 rings (SSSR count). The topological polar surface area (TPSA) is 61.4 Å². The van der Waals surface area contributed by atoms with Gasteiger partial charge in [0.25, 0.3) is 0 Å². The number of hydrogen-bond donors (Lipinski definition) is 0. The Kier molecular flexibility index (Phi) is 6.75. The Bertz CT molecular complexity index is 3140. The highest BCUT2D eigenvalue weighted by Crippen LogP contribution is 2.42. The van der Waals surface area contributed by atoms with Crippen molar-refractivity contribution < 1.29 is 0 Å². The van der Waals surface area contributed by atoms with E-state index in [2.05, 4.69) is 114 Å². The molecule has 252 valence electrons. The molecule has 0 spiro atoms. The molecule has 3 aromatic heterocycles. The molecule has 6 nitrogen and oxygen atoms in total. The van der Waals surface area contributed by atoms with Crippen LogP contribution in [0.5, 0.6) is 0 Å². The molecule has 0 unspecified atom stereocenters. The van der Waals surface area contributed by atoms with Crippen LogP contribution in [-0.2, 0) is 0 Å². The van der Waals surface area contributed by atoms with Crippen molar-refractivity contribution in [2.45, 2.75) is 0 Å². The summed E-state index contributed by atoms with van der Waals surface area (Å²) in [6.45, 7) is 0. The van der Waals surface area contributed by atoms with Crippen molar-refractivity contribution in [2.24, 2.45) is 0 Å². The summed E-state index contributed by atoms with van der Waals surface area (Å²) in [5.74, 6) is 1.89. The van der Waals surface area contributed by atoms with E-state index in [1.54, 1.807) is 0 Å². The molecule has 0 radical (unpaired) electrons. The average molecular weight is 691 g/mol. The zero-order valence-corrected chi connectivity index (χ0v) is 29.0. The lowest BCUT2D eigenvalue weighted by Gasteiger charge is -2.13. The first kappa shape index (κ1) is 30.2. The molecule has 0 saturated heterocycles. The van der Waals surface area contributed by atoms with Crippen LogP contribution in [0.4, 0.5) is 0 Å². The number of hydrogen-bond acceptors (Lipinski definition) is 4. The number of para-hydroxylation sites is 1. The summed E-state index contributed by atoms with van der Waals surface area (Å²) in [6, 6.07) is 61.2. The van der Waals surface area contributed by atoms with Crippen LogP contribution in [0.25, 0.3) is 99.8 Å². The van der Waals surface area contributed by atoms with E-state index in [0.717, 1.165) is 50.0 Å². The van der Waals surface area contributed by atoms with E-state index >= 15 is 0 Å². The first-order chi connectivity index (χ1) is 26.8. The second-order valence-corrected chi connectivity index (χ2v) is 13.6. The highest BCUT2D eigenvalue weighted by atomic mass is 15.3. The first-order valence-electron chi connectivity index (χ1n) is 18.1. The van der Waals surface area contributed by atoms with E-state index in [0.29, 0.717) is 17.5 Å². The van der Waals surface area contributed by atoms with Crippen molar-refractivity contribution in [3.05, 3.63) is 182 Å². The maximum atomic E-state index is 5.07. The standard InChI is InChI=1S/C48H30N6/c1-4-14-33(15-5-1)46-50-47(34-16-6-2-7-17-34)52-48(51-46)35-18-12-21-37(29-35)53-42-28-27-41-40(30-49-54(41)36-19-8-3-9-20-36)44(42)39-26-25-32-24-23-31-13-10-11-22-38(31)43(32)45(39)53/h1-30H. The van der Waals surface area contributed by atoms with Crippen LogP contribution in [0.1, 0.15) is 0 Å². The maximum Gasteiger partial charge on any atom is 0.164 e. The highest BCUT2D eigenvalue weighted by Gasteiger charge is 2.21. The van der Waals surface area contributed by atoms with Crippen molar-refractivity contribution in [1.82, 2.24) is 29.3 Å². The van der Waals surface area contributed by atoms with Gasteiger partial charge < -0.3 is 4.57 Å². The van der Waals surface area contributed by atoms with E-state index in [1.165, 1.54) is 32.3 Å². The molecule has 6 heteroatoms. The molecule has 3 heterocycles. The minimum atomic E-state index is 0.618. The lowest BCUT2D eigenvalue weighted by atomic mass is 9.98. The van der Waals surface area contributed by atoms with Crippen LogP contribution in [0, 0.1) is 0 Å². The third-order valence-electron chi connectivity index (χ3n) is 10.4. The predicted octanol–water partition coefficient (Wildman–Crippen LogP) is 11.6. The molecule has 0 aliphatic heterocycles. The van der Waals surface area contributed by atoms with E-state index in [4.69, 9.17) is 20.1 Å². The van der Waals surface area contributed by atoms with Gasteiger partial charge in [0.1, 0.15) is 0 Å². The summed E-state index contributed by atoms with van der Waals surface area (Å²) >= 11 is 0. The van der Waals surface area contributed by atoms with E-state index in [1.807, 2.05) is 77.6 Å². The number of benzene rings is 8. The van der Waals surface area contributed by atoms with Crippen molar-refractivity contribution in [3.63, 3.8) is 0 Å². The SMILES string of the molecule is c1ccc(-c2nc(-c3ccccc3)nc(-c3cccc(-n4c5ccc6c(cnn6-c6ccccc6)c5c5ccc6ccc7ccccc7c6c54)c3)n2)cc1. The van der Waals surface area contributed by atoms with Crippen molar-refractivity contribution in [1.29, 1.82) is 0 Å². The monoisotopic (exact) mass is 690 g/mol. The summed E-state index contributed by atoms with van der Waals surface area (Å²) < 4.78 is 4.45. The van der Waals surface area contributed by atoms with E-state index in [-0.39, 0.29) is 0 Å². The Labute approximate surface area is 310 Å². The van der Waals surface area contributed by atoms with Crippen LogP contribution in [-0.4, -0.2) is 29.3 Å². The molecule has 0 bridgehead atoms. The molecule has 54 heavy (non-hydrogen) atoms. The molecule has 0 amide bonds.